The maximum atomic E-state index is 12.3. The van der Waals surface area contributed by atoms with Crippen LogP contribution in [0, 0.1) is 0 Å². The van der Waals surface area contributed by atoms with Gasteiger partial charge in [-0.3, -0.25) is 9.59 Å². The lowest BCUT2D eigenvalue weighted by Crippen LogP contribution is -2.20. The first-order valence-corrected chi connectivity index (χ1v) is 9.64. The van der Waals surface area contributed by atoms with E-state index in [2.05, 4.69) is 21.1 Å². The number of carbonyl (C=O) groups excluding carboxylic acids is 2. The van der Waals surface area contributed by atoms with E-state index in [9.17, 15) is 9.59 Å². The standard InChI is InChI=1S/C24H22N4O4/c1-31-21-10-6-17(7-11-21)15-25-27-23(29)19-4-3-5-20(14-19)24(30)28-26-16-18-8-12-22(32-2)13-9-18/h3-16H,1-2H3,(H,27,29)(H,28,30)/b25-15+,26-16+. The Hall–Kier alpha value is -4.46. The minimum atomic E-state index is -0.439. The highest BCUT2D eigenvalue weighted by molar-refractivity contribution is 6.00. The van der Waals surface area contributed by atoms with Crippen molar-refractivity contribution in [1.82, 2.24) is 10.9 Å². The van der Waals surface area contributed by atoms with Crippen LogP contribution in [-0.2, 0) is 0 Å². The molecule has 3 aromatic carbocycles. The summed E-state index contributed by atoms with van der Waals surface area (Å²) in [4.78, 5) is 24.7. The van der Waals surface area contributed by atoms with Gasteiger partial charge in [0.2, 0.25) is 0 Å². The summed E-state index contributed by atoms with van der Waals surface area (Å²) >= 11 is 0. The maximum Gasteiger partial charge on any atom is 0.271 e. The second-order valence-electron chi connectivity index (χ2n) is 6.53. The van der Waals surface area contributed by atoms with Crippen LogP contribution in [0.1, 0.15) is 31.8 Å². The van der Waals surface area contributed by atoms with Crippen LogP contribution < -0.4 is 20.3 Å². The third-order valence-corrected chi connectivity index (χ3v) is 4.38. The molecule has 0 fully saturated rings. The summed E-state index contributed by atoms with van der Waals surface area (Å²) in [5, 5.41) is 7.89. The Balaban J connectivity index is 1.56. The second kappa shape index (κ2) is 11.1. The molecule has 3 aromatic rings. The Morgan fingerprint density at radius 3 is 1.47 bits per heavy atom. The highest BCUT2D eigenvalue weighted by Crippen LogP contribution is 2.11. The Labute approximate surface area is 185 Å². The van der Waals surface area contributed by atoms with Gasteiger partial charge in [0.05, 0.1) is 26.6 Å². The summed E-state index contributed by atoms with van der Waals surface area (Å²) in [6.45, 7) is 0. The molecule has 0 radical (unpaired) electrons. The van der Waals surface area contributed by atoms with Crippen LogP contribution in [0.4, 0.5) is 0 Å². The molecule has 2 amide bonds. The number of hydrazone groups is 2. The van der Waals surface area contributed by atoms with Gasteiger partial charge in [-0.2, -0.15) is 10.2 Å². The Kier molecular flexibility index (Phi) is 7.69. The molecule has 0 unspecified atom stereocenters. The molecule has 3 rings (SSSR count). The van der Waals surface area contributed by atoms with Crippen molar-refractivity contribution in [3.63, 3.8) is 0 Å². The molecule has 0 saturated carbocycles. The zero-order valence-corrected chi connectivity index (χ0v) is 17.6. The van der Waals surface area contributed by atoms with Crippen molar-refractivity contribution in [2.45, 2.75) is 0 Å². The number of ether oxygens (including phenoxy) is 2. The van der Waals surface area contributed by atoms with Crippen LogP contribution >= 0.6 is 0 Å². The van der Waals surface area contributed by atoms with Gasteiger partial charge in [-0.25, -0.2) is 10.9 Å². The summed E-state index contributed by atoms with van der Waals surface area (Å²) in [6.07, 6.45) is 3.03. The third-order valence-electron chi connectivity index (χ3n) is 4.38. The van der Waals surface area contributed by atoms with Crippen LogP contribution in [0.25, 0.3) is 0 Å². The van der Waals surface area contributed by atoms with Gasteiger partial charge in [-0.1, -0.05) is 6.07 Å². The van der Waals surface area contributed by atoms with Crippen LogP contribution in [0.5, 0.6) is 11.5 Å². The smallest absolute Gasteiger partial charge is 0.271 e. The highest BCUT2D eigenvalue weighted by Gasteiger charge is 2.09. The fourth-order valence-electron chi connectivity index (χ4n) is 2.64. The van der Waals surface area contributed by atoms with Crippen molar-refractivity contribution in [3.05, 3.63) is 95.1 Å². The van der Waals surface area contributed by atoms with E-state index in [0.717, 1.165) is 22.6 Å². The van der Waals surface area contributed by atoms with Crippen LogP contribution in [0.3, 0.4) is 0 Å². The van der Waals surface area contributed by atoms with E-state index in [4.69, 9.17) is 9.47 Å². The fourth-order valence-corrected chi connectivity index (χ4v) is 2.64. The summed E-state index contributed by atoms with van der Waals surface area (Å²) in [5.41, 5.74) is 7.08. The molecule has 2 N–H and O–H groups in total. The van der Waals surface area contributed by atoms with E-state index in [-0.39, 0.29) is 0 Å². The third kappa shape index (κ3) is 6.27. The van der Waals surface area contributed by atoms with Crippen LogP contribution in [-0.4, -0.2) is 38.5 Å². The van der Waals surface area contributed by atoms with Crippen molar-refractivity contribution in [2.75, 3.05) is 14.2 Å². The first-order valence-electron chi connectivity index (χ1n) is 9.64. The normalized spacial score (nSPS) is 10.8. The highest BCUT2D eigenvalue weighted by atomic mass is 16.5. The predicted octanol–water partition coefficient (Wildman–Crippen LogP) is 3.23. The van der Waals surface area contributed by atoms with Gasteiger partial charge < -0.3 is 9.47 Å². The molecule has 0 aromatic heterocycles. The molecule has 0 bridgehead atoms. The van der Waals surface area contributed by atoms with Gasteiger partial charge in [0.15, 0.2) is 0 Å². The Morgan fingerprint density at radius 2 is 1.09 bits per heavy atom. The molecule has 8 nitrogen and oxygen atoms in total. The molecule has 0 aliphatic rings. The van der Waals surface area contributed by atoms with Crippen LogP contribution in [0.2, 0.25) is 0 Å². The van der Waals surface area contributed by atoms with Gasteiger partial charge in [-0.05, 0) is 77.9 Å². The largest absolute Gasteiger partial charge is 0.497 e. The first kappa shape index (κ1) is 22.2. The fraction of sp³-hybridized carbons (Fsp3) is 0.0833. The summed E-state index contributed by atoms with van der Waals surface area (Å²) in [5.74, 6) is 0.585. The molecule has 162 valence electrons. The van der Waals surface area contributed by atoms with Gasteiger partial charge in [0.25, 0.3) is 11.8 Å². The summed E-state index contributed by atoms with van der Waals surface area (Å²) < 4.78 is 10.2. The number of carbonyl (C=O) groups is 2. The number of benzene rings is 3. The van der Waals surface area contributed by atoms with Crippen molar-refractivity contribution >= 4 is 24.2 Å². The minimum absolute atomic E-state index is 0.295. The Morgan fingerprint density at radius 1 is 0.688 bits per heavy atom. The molecule has 0 saturated heterocycles. The molecule has 0 atom stereocenters. The number of hydrogen-bond acceptors (Lipinski definition) is 6. The predicted molar refractivity (Wildman–Crippen MR) is 123 cm³/mol. The lowest BCUT2D eigenvalue weighted by Gasteiger charge is -2.04. The number of nitrogens with zero attached hydrogens (tertiary/aromatic N) is 2. The average molecular weight is 430 g/mol. The molecule has 0 heterocycles. The number of amides is 2. The second-order valence-corrected chi connectivity index (χ2v) is 6.53. The number of nitrogens with one attached hydrogen (secondary N) is 2. The molecular formula is C24H22N4O4. The minimum Gasteiger partial charge on any atom is -0.497 e. The van der Waals surface area contributed by atoms with E-state index in [1.54, 1.807) is 56.7 Å². The average Bonchev–Trinajstić information content (AvgIpc) is 2.84. The quantitative estimate of drug-likeness (QED) is 0.423. The number of hydrogen-bond donors (Lipinski definition) is 2. The van der Waals surface area contributed by atoms with Gasteiger partial charge >= 0.3 is 0 Å². The van der Waals surface area contributed by atoms with Crippen molar-refractivity contribution in [3.8, 4) is 11.5 Å². The summed E-state index contributed by atoms with van der Waals surface area (Å²) in [6, 6.07) is 20.7. The lowest BCUT2D eigenvalue weighted by molar-refractivity contribution is 0.0954. The van der Waals surface area contributed by atoms with Gasteiger partial charge in [0.1, 0.15) is 11.5 Å². The Bertz CT molecular complexity index is 1040. The van der Waals surface area contributed by atoms with Crippen LogP contribution in [0.15, 0.2) is 83.0 Å². The molecule has 0 aliphatic heterocycles. The molecule has 32 heavy (non-hydrogen) atoms. The summed E-state index contributed by atoms with van der Waals surface area (Å²) in [7, 11) is 3.18. The maximum absolute atomic E-state index is 12.3. The monoisotopic (exact) mass is 430 g/mol. The van der Waals surface area contributed by atoms with Gasteiger partial charge in [0, 0.05) is 11.1 Å². The molecule has 0 spiro atoms. The van der Waals surface area contributed by atoms with E-state index in [1.807, 2.05) is 24.3 Å². The van der Waals surface area contributed by atoms with Crippen molar-refractivity contribution in [2.24, 2.45) is 10.2 Å². The van der Waals surface area contributed by atoms with E-state index in [0.29, 0.717) is 11.1 Å². The SMILES string of the molecule is COc1ccc(/C=N/NC(=O)c2cccc(C(=O)N/N=C/c3ccc(OC)cc3)c2)cc1. The lowest BCUT2D eigenvalue weighted by atomic mass is 10.1. The van der Waals surface area contributed by atoms with E-state index >= 15 is 0 Å². The van der Waals surface area contributed by atoms with Gasteiger partial charge in [-0.15, -0.1) is 0 Å². The van der Waals surface area contributed by atoms with Crippen molar-refractivity contribution < 1.29 is 19.1 Å². The number of rotatable bonds is 8. The molecular weight excluding hydrogens is 408 g/mol. The van der Waals surface area contributed by atoms with E-state index in [1.165, 1.54) is 18.5 Å². The zero-order valence-electron chi connectivity index (χ0n) is 17.6. The zero-order chi connectivity index (χ0) is 22.8. The topological polar surface area (TPSA) is 101 Å². The molecule has 0 aliphatic carbocycles. The van der Waals surface area contributed by atoms with Crippen molar-refractivity contribution in [1.29, 1.82) is 0 Å². The molecule has 8 heteroatoms. The first-order chi connectivity index (χ1) is 15.6. The van der Waals surface area contributed by atoms with E-state index < -0.39 is 11.8 Å². The number of methoxy groups -OCH3 is 2.